The van der Waals surface area contributed by atoms with E-state index in [1.807, 2.05) is 27.7 Å². The maximum Gasteiger partial charge on any atom is 0.573 e. The maximum absolute atomic E-state index is 12.9. The van der Waals surface area contributed by atoms with Gasteiger partial charge in [0.2, 0.25) is 0 Å². The molecule has 0 saturated carbocycles. The van der Waals surface area contributed by atoms with Crippen LogP contribution < -0.4 is 10.2 Å². The van der Waals surface area contributed by atoms with Crippen LogP contribution in [0.25, 0.3) is 0 Å². The molecule has 0 aliphatic carbocycles. The lowest BCUT2D eigenvalue weighted by atomic mass is 9.78. The summed E-state index contributed by atoms with van der Waals surface area (Å²) in [5.41, 5.74) is -0.855. The lowest BCUT2D eigenvalue weighted by Gasteiger charge is -2.32. The van der Waals surface area contributed by atoms with Crippen LogP contribution in [0.15, 0.2) is 18.2 Å². The maximum atomic E-state index is 12.9. The Morgan fingerprint density at radius 1 is 1.07 bits per heavy atom. The first kappa shape index (κ1) is 21.0. The Bertz CT molecular complexity index is 729. The zero-order valence-electron chi connectivity index (χ0n) is 16.6. The van der Waals surface area contributed by atoms with Gasteiger partial charge in [-0.2, -0.15) is 0 Å². The summed E-state index contributed by atoms with van der Waals surface area (Å²) in [6.07, 6.45) is -2.22. The molecule has 1 aromatic rings. The second-order valence-electron chi connectivity index (χ2n) is 8.24. The highest BCUT2D eigenvalue weighted by molar-refractivity contribution is 6.62. The molecule has 2 aliphatic heterocycles. The Morgan fingerprint density at radius 3 is 2.18 bits per heavy atom. The Balaban J connectivity index is 1.95. The van der Waals surface area contributed by atoms with Crippen molar-refractivity contribution in [3.8, 4) is 5.75 Å². The van der Waals surface area contributed by atoms with Crippen molar-refractivity contribution in [3.63, 3.8) is 0 Å². The standard InChI is InChI=1S/C19H25BF3NO4/c1-17(2)18(3,4)28-20(27-17)13-8-9-15(26-19(21,22)23)14(12-13)16(25)24-10-6-5-7-11-24/h8-9,12H,5-7,10-11H2,1-4H3. The predicted molar refractivity (Wildman–Crippen MR) is 98.6 cm³/mol. The zero-order chi connectivity index (χ0) is 20.7. The third-order valence-corrected chi connectivity index (χ3v) is 5.63. The second-order valence-corrected chi connectivity index (χ2v) is 8.24. The minimum Gasteiger partial charge on any atom is -0.405 e. The first-order chi connectivity index (χ1) is 12.9. The molecule has 0 radical (unpaired) electrons. The van der Waals surface area contributed by atoms with Gasteiger partial charge in [0.1, 0.15) is 5.75 Å². The van der Waals surface area contributed by atoms with Crippen molar-refractivity contribution < 1.29 is 32.0 Å². The van der Waals surface area contributed by atoms with E-state index < -0.39 is 36.3 Å². The molecule has 1 aromatic carbocycles. The molecular formula is C19H25BF3NO4. The molecule has 0 unspecified atom stereocenters. The van der Waals surface area contributed by atoms with Gasteiger partial charge >= 0.3 is 13.5 Å². The van der Waals surface area contributed by atoms with Gasteiger partial charge in [0, 0.05) is 13.1 Å². The van der Waals surface area contributed by atoms with Crippen molar-refractivity contribution in [2.75, 3.05) is 13.1 Å². The minimum atomic E-state index is -4.89. The highest BCUT2D eigenvalue weighted by Crippen LogP contribution is 2.37. The summed E-state index contributed by atoms with van der Waals surface area (Å²) in [6.45, 7) is 8.57. The number of ether oxygens (including phenoxy) is 1. The van der Waals surface area contributed by atoms with E-state index in [-0.39, 0.29) is 5.56 Å². The second kappa shape index (κ2) is 7.26. The van der Waals surface area contributed by atoms with E-state index in [9.17, 15) is 18.0 Å². The van der Waals surface area contributed by atoms with Crippen LogP contribution in [0.5, 0.6) is 5.75 Å². The third kappa shape index (κ3) is 4.30. The van der Waals surface area contributed by atoms with Crippen LogP contribution >= 0.6 is 0 Å². The van der Waals surface area contributed by atoms with Crippen molar-refractivity contribution in [2.45, 2.75) is 64.5 Å². The molecule has 1 amide bonds. The first-order valence-corrected chi connectivity index (χ1v) is 9.44. The Labute approximate surface area is 163 Å². The average Bonchev–Trinajstić information content (AvgIpc) is 2.82. The van der Waals surface area contributed by atoms with Gasteiger partial charge in [0.15, 0.2) is 0 Å². The number of rotatable bonds is 3. The monoisotopic (exact) mass is 399 g/mol. The number of alkyl halides is 3. The summed E-state index contributed by atoms with van der Waals surface area (Å²) in [4.78, 5) is 14.5. The fraction of sp³-hybridized carbons (Fsp3) is 0.632. The van der Waals surface area contributed by atoms with Gasteiger partial charge in [-0.05, 0) is 64.6 Å². The summed E-state index contributed by atoms with van der Waals surface area (Å²) < 4.78 is 54.5. The van der Waals surface area contributed by atoms with Crippen LogP contribution in [-0.4, -0.2) is 48.6 Å². The van der Waals surface area contributed by atoms with Crippen molar-refractivity contribution in [1.29, 1.82) is 0 Å². The van der Waals surface area contributed by atoms with E-state index in [1.54, 1.807) is 4.90 Å². The van der Waals surface area contributed by atoms with Gasteiger partial charge in [-0.3, -0.25) is 4.79 Å². The lowest BCUT2D eigenvalue weighted by molar-refractivity contribution is -0.274. The Kier molecular flexibility index (Phi) is 5.44. The smallest absolute Gasteiger partial charge is 0.405 e. The van der Waals surface area contributed by atoms with Gasteiger partial charge in [-0.15, -0.1) is 13.2 Å². The summed E-state index contributed by atoms with van der Waals surface area (Å²) in [5, 5.41) is 0. The number of benzene rings is 1. The van der Waals surface area contributed by atoms with Crippen molar-refractivity contribution in [3.05, 3.63) is 23.8 Å². The molecule has 28 heavy (non-hydrogen) atoms. The van der Waals surface area contributed by atoms with Gasteiger partial charge in [0.05, 0.1) is 16.8 Å². The van der Waals surface area contributed by atoms with E-state index in [0.29, 0.717) is 18.6 Å². The van der Waals surface area contributed by atoms with Gasteiger partial charge < -0.3 is 18.9 Å². The number of amides is 1. The molecule has 0 aromatic heterocycles. The number of hydrogen-bond donors (Lipinski definition) is 0. The SMILES string of the molecule is CC1(C)OB(c2ccc(OC(F)(F)F)c(C(=O)N3CCCCC3)c2)OC1(C)C. The normalized spacial score (nSPS) is 21.7. The quantitative estimate of drug-likeness (QED) is 0.730. The van der Waals surface area contributed by atoms with Gasteiger partial charge in [-0.1, -0.05) is 6.07 Å². The molecule has 9 heteroatoms. The van der Waals surface area contributed by atoms with Crippen LogP contribution in [0, 0.1) is 0 Å². The fourth-order valence-corrected chi connectivity index (χ4v) is 3.32. The number of carbonyl (C=O) groups is 1. The van der Waals surface area contributed by atoms with E-state index in [0.717, 1.165) is 25.3 Å². The van der Waals surface area contributed by atoms with E-state index in [4.69, 9.17) is 9.31 Å². The van der Waals surface area contributed by atoms with Gasteiger partial charge in [0.25, 0.3) is 5.91 Å². The topological polar surface area (TPSA) is 48.0 Å². The summed E-state index contributed by atoms with van der Waals surface area (Å²) in [7, 11) is -0.780. The molecule has 3 rings (SSSR count). The number of nitrogens with zero attached hydrogens (tertiary/aromatic N) is 1. The van der Waals surface area contributed by atoms with Crippen LogP contribution in [0.4, 0.5) is 13.2 Å². The fourth-order valence-electron chi connectivity index (χ4n) is 3.32. The molecule has 2 fully saturated rings. The predicted octanol–water partition coefficient (Wildman–Crippen LogP) is 3.51. The zero-order valence-corrected chi connectivity index (χ0v) is 16.6. The molecule has 0 N–H and O–H groups in total. The Morgan fingerprint density at radius 2 is 1.64 bits per heavy atom. The molecule has 0 atom stereocenters. The summed E-state index contributed by atoms with van der Waals surface area (Å²) in [5.74, 6) is -0.986. The highest BCUT2D eigenvalue weighted by atomic mass is 19.4. The van der Waals surface area contributed by atoms with Crippen molar-refractivity contribution >= 4 is 18.5 Å². The molecule has 5 nitrogen and oxygen atoms in total. The number of halogens is 3. The Hall–Kier alpha value is -1.74. The van der Waals surface area contributed by atoms with E-state index in [1.165, 1.54) is 12.1 Å². The number of carbonyl (C=O) groups excluding carboxylic acids is 1. The lowest BCUT2D eigenvalue weighted by Crippen LogP contribution is -2.41. The van der Waals surface area contributed by atoms with Crippen LogP contribution in [0.3, 0.4) is 0 Å². The number of hydrogen-bond acceptors (Lipinski definition) is 4. The van der Waals surface area contributed by atoms with Crippen LogP contribution in [0.1, 0.15) is 57.3 Å². The average molecular weight is 399 g/mol. The molecular weight excluding hydrogens is 374 g/mol. The molecule has 0 bridgehead atoms. The van der Waals surface area contributed by atoms with E-state index in [2.05, 4.69) is 4.74 Å². The van der Waals surface area contributed by atoms with E-state index >= 15 is 0 Å². The molecule has 0 spiro atoms. The summed E-state index contributed by atoms with van der Waals surface area (Å²) in [6, 6.07) is 3.99. The molecule has 2 heterocycles. The minimum absolute atomic E-state index is 0.133. The van der Waals surface area contributed by atoms with Gasteiger partial charge in [-0.25, -0.2) is 0 Å². The van der Waals surface area contributed by atoms with Crippen molar-refractivity contribution in [1.82, 2.24) is 4.90 Å². The largest absolute Gasteiger partial charge is 0.573 e. The number of likely N-dealkylation sites (tertiary alicyclic amines) is 1. The van der Waals surface area contributed by atoms with Crippen LogP contribution in [0.2, 0.25) is 0 Å². The molecule has 154 valence electrons. The van der Waals surface area contributed by atoms with Crippen molar-refractivity contribution in [2.24, 2.45) is 0 Å². The third-order valence-electron chi connectivity index (χ3n) is 5.63. The highest BCUT2D eigenvalue weighted by Gasteiger charge is 2.52. The summed E-state index contributed by atoms with van der Waals surface area (Å²) >= 11 is 0. The van der Waals surface area contributed by atoms with Crippen LogP contribution in [-0.2, 0) is 9.31 Å². The molecule has 2 aliphatic rings. The first-order valence-electron chi connectivity index (χ1n) is 9.44. The molecule has 2 saturated heterocycles. The number of piperidine rings is 1.